The zero-order valence-electron chi connectivity index (χ0n) is 14.5. The fourth-order valence-electron chi connectivity index (χ4n) is 2.30. The third kappa shape index (κ3) is 6.10. The fraction of sp³-hybridized carbons (Fsp3) is 0.263. The summed E-state index contributed by atoms with van der Waals surface area (Å²) in [4.78, 5) is 23.8. The summed E-state index contributed by atoms with van der Waals surface area (Å²) in [7, 11) is 0. The molecule has 0 saturated carbocycles. The molecule has 0 unspecified atom stereocenters. The lowest BCUT2D eigenvalue weighted by atomic mass is 10.1. The molecule has 8 heteroatoms. The smallest absolute Gasteiger partial charge is 0.352 e. The van der Waals surface area contributed by atoms with Gasteiger partial charge in [-0.2, -0.15) is 13.2 Å². The Bertz CT molecular complexity index is 772. The maximum Gasteiger partial charge on any atom is 0.416 e. The number of hydrogen-bond donors (Lipinski definition) is 3. The predicted molar refractivity (Wildman–Crippen MR) is 95.1 cm³/mol. The van der Waals surface area contributed by atoms with Crippen LogP contribution in [0.15, 0.2) is 48.5 Å². The molecule has 0 fully saturated rings. The number of carbonyl (C=O) groups is 2. The molecule has 0 heterocycles. The number of amides is 2. The van der Waals surface area contributed by atoms with Crippen LogP contribution in [0.5, 0.6) is 0 Å². The van der Waals surface area contributed by atoms with E-state index in [4.69, 9.17) is 5.73 Å². The fourth-order valence-corrected chi connectivity index (χ4v) is 2.30. The van der Waals surface area contributed by atoms with Gasteiger partial charge in [-0.25, -0.2) is 0 Å². The average molecular weight is 379 g/mol. The van der Waals surface area contributed by atoms with Crippen LogP contribution >= 0.6 is 0 Å². The van der Waals surface area contributed by atoms with Gasteiger partial charge in [-0.15, -0.1) is 0 Å². The molecule has 2 amide bonds. The first kappa shape index (κ1) is 20.4. The van der Waals surface area contributed by atoms with Crippen molar-refractivity contribution in [2.75, 3.05) is 13.1 Å². The summed E-state index contributed by atoms with van der Waals surface area (Å²) in [6.45, 7) is 1.04. The largest absolute Gasteiger partial charge is 0.416 e. The van der Waals surface area contributed by atoms with Crippen molar-refractivity contribution in [3.05, 3.63) is 70.8 Å². The van der Waals surface area contributed by atoms with Crippen LogP contribution < -0.4 is 16.4 Å². The lowest BCUT2D eigenvalue weighted by Gasteiger charge is -2.09. The molecule has 0 saturated heterocycles. The number of nitrogens with two attached hydrogens (primary N) is 1. The van der Waals surface area contributed by atoms with Crippen molar-refractivity contribution >= 4 is 11.8 Å². The Kier molecular flexibility index (Phi) is 6.95. The minimum Gasteiger partial charge on any atom is -0.352 e. The van der Waals surface area contributed by atoms with Crippen LogP contribution in [0, 0.1) is 0 Å². The third-order valence-corrected chi connectivity index (χ3v) is 3.85. The van der Waals surface area contributed by atoms with Crippen LogP contribution in [-0.2, 0) is 12.7 Å². The van der Waals surface area contributed by atoms with Gasteiger partial charge in [0.25, 0.3) is 11.8 Å². The summed E-state index contributed by atoms with van der Waals surface area (Å²) in [6.07, 6.45) is -3.95. The molecule has 0 spiro atoms. The molecule has 144 valence electrons. The second-order valence-corrected chi connectivity index (χ2v) is 5.84. The monoisotopic (exact) mass is 379 g/mol. The van der Waals surface area contributed by atoms with E-state index in [1.54, 1.807) is 24.3 Å². The van der Waals surface area contributed by atoms with Crippen molar-refractivity contribution in [3.8, 4) is 0 Å². The van der Waals surface area contributed by atoms with Gasteiger partial charge in [0.2, 0.25) is 0 Å². The Labute approximate surface area is 154 Å². The van der Waals surface area contributed by atoms with Crippen LogP contribution in [0.4, 0.5) is 13.2 Å². The van der Waals surface area contributed by atoms with E-state index in [0.717, 1.165) is 29.8 Å². The van der Waals surface area contributed by atoms with Crippen molar-refractivity contribution in [2.24, 2.45) is 5.73 Å². The van der Waals surface area contributed by atoms with E-state index in [2.05, 4.69) is 10.6 Å². The number of benzene rings is 2. The molecule has 0 aliphatic heterocycles. The van der Waals surface area contributed by atoms with Crippen molar-refractivity contribution in [3.63, 3.8) is 0 Å². The highest BCUT2D eigenvalue weighted by atomic mass is 19.4. The zero-order valence-corrected chi connectivity index (χ0v) is 14.5. The standard InChI is InChI=1S/C19H20F3N3O2/c20-19(21,22)16-8-6-15(7-9-16)18(27)25-11-1-10-24-17(26)14-4-2-13(12-23)3-5-14/h2-9H,1,10-12,23H2,(H,24,26)(H,25,27). The molecule has 0 bridgehead atoms. The Morgan fingerprint density at radius 2 is 1.26 bits per heavy atom. The molecule has 0 radical (unpaired) electrons. The van der Waals surface area contributed by atoms with E-state index in [-0.39, 0.29) is 18.0 Å². The second kappa shape index (κ2) is 9.18. The molecule has 0 atom stereocenters. The molecule has 2 aromatic carbocycles. The molecule has 0 aliphatic rings. The second-order valence-electron chi connectivity index (χ2n) is 5.84. The van der Waals surface area contributed by atoms with Crippen molar-refractivity contribution in [1.29, 1.82) is 0 Å². The molecule has 0 aliphatic carbocycles. The lowest BCUT2D eigenvalue weighted by Crippen LogP contribution is -2.30. The molecular formula is C19H20F3N3O2. The van der Waals surface area contributed by atoms with E-state index < -0.39 is 17.6 Å². The molecular weight excluding hydrogens is 359 g/mol. The number of hydrogen-bond acceptors (Lipinski definition) is 3. The number of alkyl halides is 3. The van der Waals surface area contributed by atoms with E-state index in [0.29, 0.717) is 25.1 Å². The SMILES string of the molecule is NCc1ccc(C(=O)NCCCNC(=O)c2ccc(C(F)(F)F)cc2)cc1. The highest BCUT2D eigenvalue weighted by Gasteiger charge is 2.30. The van der Waals surface area contributed by atoms with Gasteiger partial charge in [0.05, 0.1) is 5.56 Å². The average Bonchev–Trinajstić information content (AvgIpc) is 2.67. The summed E-state index contributed by atoms with van der Waals surface area (Å²) >= 11 is 0. The van der Waals surface area contributed by atoms with Gasteiger partial charge in [0.1, 0.15) is 0 Å². The van der Waals surface area contributed by atoms with Crippen molar-refractivity contribution in [1.82, 2.24) is 10.6 Å². The summed E-state index contributed by atoms with van der Waals surface area (Å²) in [5.74, 6) is -0.694. The van der Waals surface area contributed by atoms with Gasteiger partial charge in [0.15, 0.2) is 0 Å². The number of halogens is 3. The van der Waals surface area contributed by atoms with Crippen molar-refractivity contribution < 1.29 is 22.8 Å². The maximum absolute atomic E-state index is 12.5. The Hall–Kier alpha value is -2.87. The minimum absolute atomic E-state index is 0.145. The van der Waals surface area contributed by atoms with Crippen LogP contribution in [0.2, 0.25) is 0 Å². The highest BCUT2D eigenvalue weighted by molar-refractivity contribution is 5.94. The van der Waals surface area contributed by atoms with Gasteiger partial charge < -0.3 is 16.4 Å². The highest BCUT2D eigenvalue weighted by Crippen LogP contribution is 2.29. The molecule has 4 N–H and O–H groups in total. The number of rotatable bonds is 7. The lowest BCUT2D eigenvalue weighted by molar-refractivity contribution is -0.137. The van der Waals surface area contributed by atoms with Gasteiger partial charge in [-0.05, 0) is 48.4 Å². The van der Waals surface area contributed by atoms with E-state index in [1.165, 1.54) is 0 Å². The van der Waals surface area contributed by atoms with Crippen LogP contribution in [0.25, 0.3) is 0 Å². The van der Waals surface area contributed by atoms with Gasteiger partial charge in [-0.1, -0.05) is 12.1 Å². The number of nitrogens with one attached hydrogen (secondary N) is 2. The molecule has 0 aromatic heterocycles. The molecule has 27 heavy (non-hydrogen) atoms. The summed E-state index contributed by atoms with van der Waals surface area (Å²) in [5.41, 5.74) is 6.28. The first-order chi connectivity index (χ1) is 12.8. The summed E-state index contributed by atoms with van der Waals surface area (Å²) < 4.78 is 37.5. The van der Waals surface area contributed by atoms with E-state index in [9.17, 15) is 22.8 Å². The quantitative estimate of drug-likeness (QED) is 0.647. The minimum atomic E-state index is -4.43. The molecule has 2 rings (SSSR count). The predicted octanol–water partition coefficient (Wildman–Crippen LogP) is 2.71. The van der Waals surface area contributed by atoms with Gasteiger partial charge in [0, 0.05) is 30.8 Å². The molecule has 5 nitrogen and oxygen atoms in total. The first-order valence-corrected chi connectivity index (χ1v) is 8.34. The summed E-state index contributed by atoms with van der Waals surface area (Å²) in [5, 5.41) is 5.33. The Balaban J connectivity index is 1.71. The van der Waals surface area contributed by atoms with Gasteiger partial charge >= 0.3 is 6.18 Å². The maximum atomic E-state index is 12.5. The van der Waals surface area contributed by atoms with Crippen LogP contribution in [0.1, 0.15) is 38.3 Å². The Morgan fingerprint density at radius 1 is 0.815 bits per heavy atom. The third-order valence-electron chi connectivity index (χ3n) is 3.85. The zero-order chi connectivity index (χ0) is 19.9. The number of carbonyl (C=O) groups excluding carboxylic acids is 2. The van der Waals surface area contributed by atoms with E-state index in [1.807, 2.05) is 0 Å². The first-order valence-electron chi connectivity index (χ1n) is 8.34. The van der Waals surface area contributed by atoms with E-state index >= 15 is 0 Å². The van der Waals surface area contributed by atoms with Crippen molar-refractivity contribution in [2.45, 2.75) is 19.1 Å². The topological polar surface area (TPSA) is 84.2 Å². The Morgan fingerprint density at radius 3 is 1.67 bits per heavy atom. The van der Waals surface area contributed by atoms with Crippen LogP contribution in [-0.4, -0.2) is 24.9 Å². The summed E-state index contributed by atoms with van der Waals surface area (Å²) in [6, 6.07) is 10.9. The molecule has 2 aromatic rings. The normalized spacial score (nSPS) is 11.1. The van der Waals surface area contributed by atoms with Crippen LogP contribution in [0.3, 0.4) is 0 Å². The van der Waals surface area contributed by atoms with Gasteiger partial charge in [-0.3, -0.25) is 9.59 Å².